The van der Waals surface area contributed by atoms with Crippen LogP contribution < -0.4 is 0 Å². The maximum Gasteiger partial charge on any atom is 0.344 e. The van der Waals surface area contributed by atoms with Crippen LogP contribution in [-0.4, -0.2) is 5.97 Å². The molecule has 1 heterocycles. The number of benzene rings is 1. The van der Waals surface area contributed by atoms with Crippen LogP contribution in [0.15, 0.2) is 24.8 Å². The van der Waals surface area contributed by atoms with Crippen LogP contribution in [0.3, 0.4) is 0 Å². The molecule has 0 spiro atoms. The van der Waals surface area contributed by atoms with E-state index in [1.807, 2.05) is 19.1 Å². The van der Waals surface area contributed by atoms with Gasteiger partial charge in [-0.3, -0.25) is 0 Å². The Hall–Kier alpha value is -1.57. The summed E-state index contributed by atoms with van der Waals surface area (Å²) in [5.74, 6) is 0.161. The average molecular weight is 160 g/mol. The SMILES string of the molecule is C=C1OC(=O)c2ccc(C)cc21. The molecule has 60 valence electrons. The number of esters is 1. The second-order valence-corrected chi connectivity index (χ2v) is 2.86. The summed E-state index contributed by atoms with van der Waals surface area (Å²) in [5, 5.41) is 0. The third kappa shape index (κ3) is 0.848. The Kier molecular flexibility index (Phi) is 1.30. The van der Waals surface area contributed by atoms with E-state index in [4.69, 9.17) is 4.74 Å². The van der Waals surface area contributed by atoms with Crippen LogP contribution in [0, 0.1) is 6.92 Å². The lowest BCUT2D eigenvalue weighted by atomic mass is 10.1. The maximum atomic E-state index is 11.1. The van der Waals surface area contributed by atoms with Gasteiger partial charge in [0.15, 0.2) is 0 Å². The zero-order valence-corrected chi connectivity index (χ0v) is 6.76. The average Bonchev–Trinajstić information content (AvgIpc) is 2.28. The molecule has 0 N–H and O–H groups in total. The molecule has 0 atom stereocenters. The first-order valence-corrected chi connectivity index (χ1v) is 3.70. The molecule has 0 saturated heterocycles. The van der Waals surface area contributed by atoms with Gasteiger partial charge in [-0.05, 0) is 19.1 Å². The molecular formula is C10H8O2. The van der Waals surface area contributed by atoms with Gasteiger partial charge in [0.2, 0.25) is 0 Å². The standard InChI is InChI=1S/C10H8O2/c1-6-3-4-8-9(5-6)7(2)12-10(8)11/h3-5H,2H2,1H3. The Balaban J connectivity index is 2.68. The van der Waals surface area contributed by atoms with Crippen LogP contribution in [0.1, 0.15) is 21.5 Å². The van der Waals surface area contributed by atoms with Crippen molar-refractivity contribution in [1.82, 2.24) is 0 Å². The van der Waals surface area contributed by atoms with Crippen molar-refractivity contribution in [3.05, 3.63) is 41.5 Å². The molecule has 12 heavy (non-hydrogen) atoms. The summed E-state index contributed by atoms with van der Waals surface area (Å²) < 4.78 is 4.85. The second kappa shape index (κ2) is 2.21. The lowest BCUT2D eigenvalue weighted by Crippen LogP contribution is -1.92. The van der Waals surface area contributed by atoms with Gasteiger partial charge in [-0.2, -0.15) is 0 Å². The van der Waals surface area contributed by atoms with Crippen LogP contribution in [0.4, 0.5) is 0 Å². The number of rotatable bonds is 0. The normalized spacial score (nSPS) is 14.4. The van der Waals surface area contributed by atoms with Crippen molar-refractivity contribution in [3.8, 4) is 0 Å². The summed E-state index contributed by atoms with van der Waals surface area (Å²) in [7, 11) is 0. The van der Waals surface area contributed by atoms with E-state index in [9.17, 15) is 4.79 Å². The summed E-state index contributed by atoms with van der Waals surface area (Å²) >= 11 is 0. The van der Waals surface area contributed by atoms with Gasteiger partial charge in [-0.15, -0.1) is 0 Å². The van der Waals surface area contributed by atoms with E-state index in [0.717, 1.165) is 11.1 Å². The van der Waals surface area contributed by atoms with Crippen molar-refractivity contribution in [1.29, 1.82) is 0 Å². The number of cyclic esters (lactones) is 1. The van der Waals surface area contributed by atoms with E-state index >= 15 is 0 Å². The maximum absolute atomic E-state index is 11.1. The molecule has 0 amide bonds. The molecule has 1 aliphatic rings. The lowest BCUT2D eigenvalue weighted by Gasteiger charge is -1.95. The summed E-state index contributed by atoms with van der Waals surface area (Å²) in [6.45, 7) is 5.61. The van der Waals surface area contributed by atoms with Crippen LogP contribution >= 0.6 is 0 Å². The topological polar surface area (TPSA) is 26.3 Å². The molecule has 0 aromatic heterocycles. The monoisotopic (exact) mass is 160 g/mol. The van der Waals surface area contributed by atoms with Crippen molar-refractivity contribution in [2.75, 3.05) is 0 Å². The van der Waals surface area contributed by atoms with E-state index in [2.05, 4.69) is 6.58 Å². The molecule has 1 aliphatic heterocycles. The van der Waals surface area contributed by atoms with E-state index in [1.165, 1.54) is 0 Å². The highest BCUT2D eigenvalue weighted by Gasteiger charge is 2.24. The predicted molar refractivity (Wildman–Crippen MR) is 45.6 cm³/mol. The molecule has 2 rings (SSSR count). The minimum Gasteiger partial charge on any atom is -0.423 e. The molecule has 2 heteroatoms. The van der Waals surface area contributed by atoms with Crippen molar-refractivity contribution in [2.24, 2.45) is 0 Å². The quantitative estimate of drug-likeness (QED) is 0.543. The summed E-state index contributed by atoms with van der Waals surface area (Å²) in [4.78, 5) is 11.1. The van der Waals surface area contributed by atoms with Gasteiger partial charge in [0.05, 0.1) is 5.56 Å². The molecule has 0 aliphatic carbocycles. The Morgan fingerprint density at radius 2 is 2.08 bits per heavy atom. The van der Waals surface area contributed by atoms with Gasteiger partial charge in [-0.1, -0.05) is 18.2 Å². The highest BCUT2D eigenvalue weighted by Crippen LogP contribution is 2.28. The zero-order valence-electron chi connectivity index (χ0n) is 6.76. The number of fused-ring (bicyclic) bond motifs is 1. The van der Waals surface area contributed by atoms with Gasteiger partial charge in [0.25, 0.3) is 0 Å². The molecule has 0 unspecified atom stereocenters. The second-order valence-electron chi connectivity index (χ2n) is 2.86. The third-order valence-electron chi connectivity index (χ3n) is 1.91. The van der Waals surface area contributed by atoms with E-state index in [0.29, 0.717) is 11.3 Å². The van der Waals surface area contributed by atoms with Crippen molar-refractivity contribution < 1.29 is 9.53 Å². The van der Waals surface area contributed by atoms with Crippen molar-refractivity contribution in [2.45, 2.75) is 6.92 Å². The van der Waals surface area contributed by atoms with E-state index in [1.54, 1.807) is 6.07 Å². The molecule has 2 nitrogen and oxygen atoms in total. The fourth-order valence-electron chi connectivity index (χ4n) is 1.29. The minimum absolute atomic E-state index is 0.296. The third-order valence-corrected chi connectivity index (χ3v) is 1.91. The fourth-order valence-corrected chi connectivity index (χ4v) is 1.29. The Morgan fingerprint density at radius 1 is 1.33 bits per heavy atom. The number of hydrogen-bond acceptors (Lipinski definition) is 2. The first-order chi connectivity index (χ1) is 5.68. The van der Waals surface area contributed by atoms with Crippen molar-refractivity contribution >= 4 is 11.7 Å². The smallest absolute Gasteiger partial charge is 0.344 e. The number of carbonyl (C=O) groups excluding carboxylic acids is 1. The Labute approximate surface area is 70.5 Å². The number of hydrogen-bond donors (Lipinski definition) is 0. The molecule has 1 aromatic carbocycles. The van der Waals surface area contributed by atoms with Gasteiger partial charge in [0, 0.05) is 5.56 Å². The van der Waals surface area contributed by atoms with Crippen LogP contribution in [0.25, 0.3) is 5.76 Å². The van der Waals surface area contributed by atoms with Gasteiger partial charge in [0.1, 0.15) is 5.76 Å². The summed E-state index contributed by atoms with van der Waals surface area (Å²) in [5.41, 5.74) is 2.54. The molecule has 0 fully saturated rings. The largest absolute Gasteiger partial charge is 0.423 e. The molecular weight excluding hydrogens is 152 g/mol. The number of carbonyl (C=O) groups is 1. The Morgan fingerprint density at radius 3 is 2.83 bits per heavy atom. The molecule has 0 saturated carbocycles. The molecule has 0 bridgehead atoms. The lowest BCUT2D eigenvalue weighted by molar-refractivity contribution is 0.0716. The Bertz CT molecular complexity index is 377. The molecule has 0 radical (unpaired) electrons. The number of aryl methyl sites for hydroxylation is 1. The molecule has 1 aromatic rings. The number of ether oxygens (including phenoxy) is 1. The minimum atomic E-state index is -0.296. The van der Waals surface area contributed by atoms with Gasteiger partial charge >= 0.3 is 5.97 Å². The van der Waals surface area contributed by atoms with E-state index < -0.39 is 0 Å². The summed E-state index contributed by atoms with van der Waals surface area (Å²) in [6.07, 6.45) is 0. The van der Waals surface area contributed by atoms with Gasteiger partial charge in [-0.25, -0.2) is 4.79 Å². The first kappa shape index (κ1) is 7.10. The predicted octanol–water partition coefficient (Wildman–Crippen LogP) is 2.14. The van der Waals surface area contributed by atoms with Crippen LogP contribution in [0.5, 0.6) is 0 Å². The summed E-state index contributed by atoms with van der Waals surface area (Å²) in [6, 6.07) is 5.56. The van der Waals surface area contributed by atoms with Crippen LogP contribution in [0.2, 0.25) is 0 Å². The zero-order chi connectivity index (χ0) is 8.72. The van der Waals surface area contributed by atoms with Gasteiger partial charge < -0.3 is 4.74 Å². The van der Waals surface area contributed by atoms with Crippen LogP contribution in [-0.2, 0) is 4.74 Å². The fraction of sp³-hybridized carbons (Fsp3) is 0.100. The first-order valence-electron chi connectivity index (χ1n) is 3.70. The van der Waals surface area contributed by atoms with E-state index in [-0.39, 0.29) is 5.97 Å². The highest BCUT2D eigenvalue weighted by molar-refractivity contribution is 6.02. The van der Waals surface area contributed by atoms with Crippen molar-refractivity contribution in [3.63, 3.8) is 0 Å². The highest BCUT2D eigenvalue weighted by atomic mass is 16.5.